The number of hydrogen-bond acceptors (Lipinski definition) is 4. The maximum atomic E-state index is 12.9. The van der Waals surface area contributed by atoms with E-state index < -0.39 is 0 Å². The van der Waals surface area contributed by atoms with Gasteiger partial charge in [0.2, 0.25) is 0 Å². The third-order valence-electron chi connectivity index (χ3n) is 4.54. The van der Waals surface area contributed by atoms with Crippen LogP contribution in [0, 0.1) is 0 Å². The molecule has 1 aliphatic carbocycles. The summed E-state index contributed by atoms with van der Waals surface area (Å²) in [7, 11) is 1.62. The molecular weight excluding hydrogens is 397 g/mol. The van der Waals surface area contributed by atoms with E-state index in [0.29, 0.717) is 38.0 Å². The number of benzene rings is 3. The second-order valence-corrected chi connectivity index (χ2v) is 7.03. The first-order chi connectivity index (χ1) is 13.6. The van der Waals surface area contributed by atoms with Crippen molar-refractivity contribution in [2.75, 3.05) is 7.11 Å². The van der Waals surface area contributed by atoms with Crippen molar-refractivity contribution in [3.8, 4) is 5.75 Å². The van der Waals surface area contributed by atoms with Crippen molar-refractivity contribution < 1.29 is 14.4 Å². The lowest BCUT2D eigenvalue weighted by atomic mass is 9.83. The number of ketones is 1. The fourth-order valence-corrected chi connectivity index (χ4v) is 3.69. The van der Waals surface area contributed by atoms with Crippen LogP contribution in [0.15, 0.2) is 65.8 Å². The number of hydrogen-bond donors (Lipinski definition) is 0. The van der Waals surface area contributed by atoms with Gasteiger partial charge in [0.25, 0.3) is 0 Å². The number of rotatable bonds is 4. The number of oxime groups is 1. The van der Waals surface area contributed by atoms with E-state index in [0.717, 1.165) is 11.3 Å². The highest BCUT2D eigenvalue weighted by Gasteiger charge is 2.32. The fourth-order valence-electron chi connectivity index (χ4n) is 3.16. The van der Waals surface area contributed by atoms with Gasteiger partial charge >= 0.3 is 0 Å². The van der Waals surface area contributed by atoms with Crippen molar-refractivity contribution in [2.45, 2.75) is 6.61 Å². The molecule has 0 saturated heterocycles. The smallest absolute Gasteiger partial charge is 0.195 e. The van der Waals surface area contributed by atoms with Crippen molar-refractivity contribution >= 4 is 34.7 Å². The zero-order valence-electron chi connectivity index (χ0n) is 14.9. The third-order valence-corrected chi connectivity index (χ3v) is 5.17. The first-order valence-corrected chi connectivity index (χ1v) is 9.31. The molecule has 0 spiro atoms. The van der Waals surface area contributed by atoms with E-state index in [1.54, 1.807) is 43.5 Å². The summed E-state index contributed by atoms with van der Waals surface area (Å²) < 4.78 is 5.15. The van der Waals surface area contributed by atoms with Crippen LogP contribution in [-0.4, -0.2) is 18.6 Å². The van der Waals surface area contributed by atoms with Crippen molar-refractivity contribution in [3.05, 3.63) is 98.5 Å². The summed E-state index contributed by atoms with van der Waals surface area (Å²) in [5.74, 6) is 0.595. The first-order valence-electron chi connectivity index (χ1n) is 8.55. The molecule has 0 amide bonds. The fraction of sp³-hybridized carbons (Fsp3) is 0.0909. The summed E-state index contributed by atoms with van der Waals surface area (Å²) in [6.45, 7) is 0.261. The lowest BCUT2D eigenvalue weighted by Gasteiger charge is -2.21. The lowest BCUT2D eigenvalue weighted by molar-refractivity contribution is 0.103. The molecule has 140 valence electrons. The molecule has 0 aromatic heterocycles. The summed E-state index contributed by atoms with van der Waals surface area (Å²) in [4.78, 5) is 18.5. The normalized spacial score (nSPS) is 13.8. The second-order valence-electron chi connectivity index (χ2n) is 6.22. The Morgan fingerprint density at radius 2 is 1.50 bits per heavy atom. The monoisotopic (exact) mass is 411 g/mol. The van der Waals surface area contributed by atoms with Gasteiger partial charge in [0.1, 0.15) is 18.1 Å². The highest BCUT2D eigenvalue weighted by molar-refractivity contribution is 6.43. The van der Waals surface area contributed by atoms with Crippen LogP contribution in [0.25, 0.3) is 0 Å². The highest BCUT2D eigenvalue weighted by atomic mass is 35.5. The maximum Gasteiger partial charge on any atom is 0.195 e. The Morgan fingerprint density at radius 3 is 2.18 bits per heavy atom. The molecule has 4 rings (SSSR count). The molecule has 28 heavy (non-hydrogen) atoms. The summed E-state index contributed by atoms with van der Waals surface area (Å²) in [5.41, 5.74) is 3.45. The number of carbonyl (C=O) groups is 1. The van der Waals surface area contributed by atoms with E-state index in [1.807, 2.05) is 24.3 Å². The van der Waals surface area contributed by atoms with Crippen LogP contribution in [0.5, 0.6) is 5.75 Å². The molecule has 6 heteroatoms. The average Bonchev–Trinajstić information content (AvgIpc) is 2.71. The molecule has 4 nitrogen and oxygen atoms in total. The van der Waals surface area contributed by atoms with E-state index in [1.165, 1.54) is 0 Å². The minimum absolute atomic E-state index is 0.174. The Bertz CT molecular complexity index is 1090. The molecule has 0 fully saturated rings. The van der Waals surface area contributed by atoms with E-state index in [4.69, 9.17) is 32.8 Å². The van der Waals surface area contributed by atoms with Gasteiger partial charge in [-0.3, -0.25) is 4.79 Å². The van der Waals surface area contributed by atoms with E-state index in [-0.39, 0.29) is 12.4 Å². The molecule has 0 N–H and O–H groups in total. The zero-order valence-corrected chi connectivity index (χ0v) is 16.4. The van der Waals surface area contributed by atoms with Gasteiger partial charge in [-0.15, -0.1) is 0 Å². The standard InChI is InChI=1S/C22H15Cl2NO3/c1-27-14-10-8-13(9-11-14)12-28-25-21-15-4-2-7-18(24)20(15)22(26)16-5-3-6-17(23)19(16)21/h2-11H,12H2,1H3/b25-21+. The van der Waals surface area contributed by atoms with Crippen molar-refractivity contribution in [2.24, 2.45) is 5.16 Å². The number of carbonyl (C=O) groups excluding carboxylic acids is 1. The van der Waals surface area contributed by atoms with Gasteiger partial charge in [0, 0.05) is 16.7 Å². The van der Waals surface area contributed by atoms with Crippen LogP contribution in [-0.2, 0) is 11.4 Å². The van der Waals surface area contributed by atoms with E-state index in [2.05, 4.69) is 5.16 Å². The lowest BCUT2D eigenvalue weighted by Crippen LogP contribution is -2.22. The van der Waals surface area contributed by atoms with Crippen LogP contribution in [0.4, 0.5) is 0 Å². The summed E-state index contributed by atoms with van der Waals surface area (Å²) in [6, 6.07) is 17.9. The Hall–Kier alpha value is -2.82. The van der Waals surface area contributed by atoms with Crippen molar-refractivity contribution in [1.82, 2.24) is 0 Å². The number of ether oxygens (including phenoxy) is 1. The largest absolute Gasteiger partial charge is 0.497 e. The van der Waals surface area contributed by atoms with Gasteiger partial charge in [0.05, 0.1) is 22.7 Å². The molecule has 0 atom stereocenters. The maximum absolute atomic E-state index is 12.9. The van der Waals surface area contributed by atoms with Gasteiger partial charge in [-0.25, -0.2) is 0 Å². The van der Waals surface area contributed by atoms with Crippen LogP contribution < -0.4 is 4.74 Å². The van der Waals surface area contributed by atoms with Crippen LogP contribution in [0.3, 0.4) is 0 Å². The van der Waals surface area contributed by atoms with Gasteiger partial charge in [-0.2, -0.15) is 0 Å². The molecular formula is C22H15Cl2NO3. The molecule has 0 radical (unpaired) electrons. The predicted molar refractivity (Wildman–Crippen MR) is 110 cm³/mol. The second kappa shape index (κ2) is 7.66. The first kappa shape index (κ1) is 18.5. The van der Waals surface area contributed by atoms with E-state index >= 15 is 0 Å². The minimum Gasteiger partial charge on any atom is -0.497 e. The molecule has 0 saturated carbocycles. The quantitative estimate of drug-likeness (QED) is 0.415. The number of methoxy groups -OCH3 is 1. The molecule has 1 aliphatic rings. The summed E-state index contributed by atoms with van der Waals surface area (Å²) >= 11 is 12.7. The van der Waals surface area contributed by atoms with Gasteiger partial charge < -0.3 is 9.57 Å². The Morgan fingerprint density at radius 1 is 0.857 bits per heavy atom. The van der Waals surface area contributed by atoms with Gasteiger partial charge in [0.15, 0.2) is 5.78 Å². The predicted octanol–water partition coefficient (Wildman–Crippen LogP) is 5.52. The highest BCUT2D eigenvalue weighted by Crippen LogP contribution is 2.35. The van der Waals surface area contributed by atoms with Crippen LogP contribution >= 0.6 is 23.2 Å². The summed E-state index contributed by atoms with van der Waals surface area (Å²) in [6.07, 6.45) is 0. The molecule has 3 aromatic rings. The zero-order chi connectivity index (χ0) is 19.7. The van der Waals surface area contributed by atoms with Gasteiger partial charge in [-0.05, 0) is 29.8 Å². The third kappa shape index (κ3) is 3.26. The Balaban J connectivity index is 1.73. The molecule has 3 aromatic carbocycles. The summed E-state index contributed by atoms with van der Waals surface area (Å²) in [5, 5.41) is 5.14. The average molecular weight is 412 g/mol. The molecule has 0 bridgehead atoms. The van der Waals surface area contributed by atoms with Crippen LogP contribution in [0.2, 0.25) is 10.0 Å². The van der Waals surface area contributed by atoms with E-state index in [9.17, 15) is 4.79 Å². The SMILES string of the molecule is COc1ccc(CO/N=C2\c3cccc(Cl)c3C(=O)c3cccc(Cl)c32)cc1. The van der Waals surface area contributed by atoms with Crippen LogP contribution in [0.1, 0.15) is 32.6 Å². The molecule has 0 unspecified atom stereocenters. The molecule has 0 aliphatic heterocycles. The number of halogens is 2. The Labute approximate surface area is 172 Å². The van der Waals surface area contributed by atoms with Crippen molar-refractivity contribution in [1.29, 1.82) is 0 Å². The van der Waals surface area contributed by atoms with Gasteiger partial charge in [-0.1, -0.05) is 64.8 Å². The minimum atomic E-state index is -0.174. The molecule has 0 heterocycles. The Kier molecular flexibility index (Phi) is 5.07. The number of fused-ring (bicyclic) bond motifs is 2. The topological polar surface area (TPSA) is 47.9 Å². The number of nitrogens with zero attached hydrogens (tertiary/aromatic N) is 1. The van der Waals surface area contributed by atoms with Crippen molar-refractivity contribution in [3.63, 3.8) is 0 Å².